The maximum atomic E-state index is 6.23. The highest BCUT2D eigenvalue weighted by atomic mass is 35.5. The smallest absolute Gasteiger partial charge is 0.136 e. The molecule has 5 nitrogen and oxygen atoms in total. The third-order valence-corrected chi connectivity index (χ3v) is 4.51. The number of hydrogen-bond donors (Lipinski definition) is 0. The van der Waals surface area contributed by atoms with Gasteiger partial charge in [-0.2, -0.15) is 0 Å². The first-order chi connectivity index (χ1) is 11.3. The maximum Gasteiger partial charge on any atom is 0.136 e. The average molecular weight is 333 g/mol. The molecule has 1 unspecified atom stereocenters. The molecule has 2 aliphatic rings. The highest BCUT2D eigenvalue weighted by Gasteiger charge is 2.44. The van der Waals surface area contributed by atoms with Gasteiger partial charge in [0.15, 0.2) is 0 Å². The van der Waals surface area contributed by atoms with Gasteiger partial charge in [0, 0.05) is 49.0 Å². The van der Waals surface area contributed by atoms with Gasteiger partial charge in [-0.15, -0.1) is 0 Å². The molecule has 2 aliphatic heterocycles. The van der Waals surface area contributed by atoms with E-state index in [0.29, 0.717) is 31.6 Å². The van der Waals surface area contributed by atoms with Crippen molar-refractivity contribution in [3.63, 3.8) is 0 Å². The van der Waals surface area contributed by atoms with Crippen LogP contribution in [-0.2, 0) is 28.1 Å². The largest absolute Gasteiger partial charge is 0.488 e. The molecule has 4 heterocycles. The molecule has 1 fully saturated rings. The van der Waals surface area contributed by atoms with Gasteiger partial charge in [0.05, 0.1) is 18.9 Å². The van der Waals surface area contributed by atoms with Crippen molar-refractivity contribution in [2.45, 2.75) is 25.0 Å². The van der Waals surface area contributed by atoms with Crippen LogP contribution >= 0.6 is 11.6 Å². The number of ether oxygens (including phenoxy) is 3. The summed E-state index contributed by atoms with van der Waals surface area (Å²) in [7, 11) is 0. The summed E-state index contributed by atoms with van der Waals surface area (Å²) >= 11 is 6.23. The molecule has 0 bridgehead atoms. The van der Waals surface area contributed by atoms with Crippen molar-refractivity contribution in [1.29, 1.82) is 0 Å². The fourth-order valence-corrected chi connectivity index (χ4v) is 3.36. The predicted octanol–water partition coefficient (Wildman–Crippen LogP) is 2.90. The Kier molecular flexibility index (Phi) is 3.93. The number of pyridine rings is 2. The van der Waals surface area contributed by atoms with Crippen LogP contribution in [0, 0.1) is 0 Å². The predicted molar refractivity (Wildman–Crippen MR) is 84.6 cm³/mol. The van der Waals surface area contributed by atoms with Gasteiger partial charge in [-0.1, -0.05) is 17.7 Å². The van der Waals surface area contributed by atoms with E-state index in [9.17, 15) is 0 Å². The van der Waals surface area contributed by atoms with E-state index in [4.69, 9.17) is 25.8 Å². The normalized spacial score (nSPS) is 23.0. The van der Waals surface area contributed by atoms with Gasteiger partial charge in [0.1, 0.15) is 23.1 Å². The molecule has 6 heteroatoms. The molecule has 120 valence electrons. The van der Waals surface area contributed by atoms with Crippen molar-refractivity contribution < 1.29 is 14.2 Å². The quantitative estimate of drug-likeness (QED) is 0.809. The van der Waals surface area contributed by atoms with Crippen molar-refractivity contribution in [3.05, 3.63) is 52.6 Å². The van der Waals surface area contributed by atoms with E-state index in [1.807, 2.05) is 12.1 Å². The molecule has 0 amide bonds. The van der Waals surface area contributed by atoms with Crippen LogP contribution in [0.1, 0.15) is 23.2 Å². The van der Waals surface area contributed by atoms with Crippen LogP contribution < -0.4 is 4.74 Å². The summed E-state index contributed by atoms with van der Waals surface area (Å²) < 4.78 is 17.6. The lowest BCUT2D eigenvalue weighted by molar-refractivity contribution is -0.0670. The zero-order valence-electron chi connectivity index (χ0n) is 12.6. The lowest BCUT2D eigenvalue weighted by atomic mass is 9.90. The summed E-state index contributed by atoms with van der Waals surface area (Å²) in [5.74, 6) is 0.776. The van der Waals surface area contributed by atoms with Gasteiger partial charge in [0.2, 0.25) is 0 Å². The van der Waals surface area contributed by atoms with Crippen molar-refractivity contribution in [1.82, 2.24) is 9.97 Å². The molecule has 4 rings (SSSR count). The van der Waals surface area contributed by atoms with Crippen LogP contribution in [0.25, 0.3) is 0 Å². The Labute approximate surface area is 139 Å². The molecule has 0 radical (unpaired) electrons. The van der Waals surface area contributed by atoms with Gasteiger partial charge < -0.3 is 14.2 Å². The van der Waals surface area contributed by atoms with Crippen molar-refractivity contribution >= 4 is 11.6 Å². The zero-order valence-corrected chi connectivity index (χ0v) is 13.4. The monoisotopic (exact) mass is 332 g/mol. The minimum absolute atomic E-state index is 0.418. The maximum absolute atomic E-state index is 6.23. The Bertz CT molecular complexity index is 702. The molecule has 0 N–H and O–H groups in total. The summed E-state index contributed by atoms with van der Waals surface area (Å²) in [4.78, 5) is 8.64. The van der Waals surface area contributed by atoms with E-state index in [2.05, 4.69) is 9.97 Å². The van der Waals surface area contributed by atoms with E-state index < -0.39 is 5.60 Å². The highest BCUT2D eigenvalue weighted by molar-refractivity contribution is 6.29. The highest BCUT2D eigenvalue weighted by Crippen LogP contribution is 2.42. The third-order valence-electron chi connectivity index (χ3n) is 4.32. The SMILES string of the molecule is Clc1cc(OCc2cccnc2)c2c(n1)C1(CCOC1)OCC2. The molecule has 2 aromatic heterocycles. The number of halogens is 1. The standard InChI is InChI=1S/C17H17ClN2O3/c18-15-8-14(22-10-12-2-1-5-19-9-12)13-3-6-23-17(16(13)20-15)4-7-21-11-17/h1-2,5,8-9H,3-4,6-7,10-11H2. The van der Waals surface area contributed by atoms with Crippen LogP contribution in [0.4, 0.5) is 0 Å². The molecular formula is C17H17ClN2O3. The minimum Gasteiger partial charge on any atom is -0.488 e. The molecule has 1 atom stereocenters. The van der Waals surface area contributed by atoms with Crippen molar-refractivity contribution in [2.24, 2.45) is 0 Å². The molecule has 0 saturated carbocycles. The number of nitrogens with zero attached hydrogens (tertiary/aromatic N) is 2. The Morgan fingerprint density at radius 2 is 2.30 bits per heavy atom. The number of rotatable bonds is 3. The van der Waals surface area contributed by atoms with Crippen LogP contribution in [0.2, 0.25) is 5.15 Å². The number of fused-ring (bicyclic) bond motifs is 2. The summed E-state index contributed by atoms with van der Waals surface area (Å²) in [6.45, 7) is 2.29. The molecule has 0 aromatic carbocycles. The van der Waals surface area contributed by atoms with E-state index in [1.165, 1.54) is 0 Å². The summed E-state index contributed by atoms with van der Waals surface area (Å²) in [6, 6.07) is 5.66. The molecule has 23 heavy (non-hydrogen) atoms. The van der Waals surface area contributed by atoms with Gasteiger partial charge >= 0.3 is 0 Å². The second kappa shape index (κ2) is 6.07. The third kappa shape index (κ3) is 2.80. The lowest BCUT2D eigenvalue weighted by Crippen LogP contribution is -2.37. The lowest BCUT2D eigenvalue weighted by Gasteiger charge is -2.34. The van der Waals surface area contributed by atoms with Gasteiger partial charge in [-0.25, -0.2) is 4.98 Å². The summed E-state index contributed by atoms with van der Waals surface area (Å²) in [5, 5.41) is 0.418. The Morgan fingerprint density at radius 1 is 1.35 bits per heavy atom. The minimum atomic E-state index is -0.467. The second-order valence-corrected chi connectivity index (χ2v) is 6.20. The fraction of sp³-hybridized carbons (Fsp3) is 0.412. The summed E-state index contributed by atoms with van der Waals surface area (Å²) in [5.41, 5.74) is 2.50. The number of hydrogen-bond acceptors (Lipinski definition) is 5. The molecular weight excluding hydrogens is 316 g/mol. The van der Waals surface area contributed by atoms with Crippen LogP contribution in [0.3, 0.4) is 0 Å². The van der Waals surface area contributed by atoms with Gasteiger partial charge in [-0.3, -0.25) is 4.98 Å². The van der Waals surface area contributed by atoms with Crippen LogP contribution in [-0.4, -0.2) is 29.8 Å². The van der Waals surface area contributed by atoms with E-state index >= 15 is 0 Å². The molecule has 2 aromatic rings. The van der Waals surface area contributed by atoms with Crippen molar-refractivity contribution in [3.8, 4) is 5.75 Å². The molecule has 1 spiro atoms. The number of aromatic nitrogens is 2. The van der Waals surface area contributed by atoms with E-state index in [0.717, 1.165) is 35.4 Å². The topological polar surface area (TPSA) is 53.5 Å². The fourth-order valence-electron chi connectivity index (χ4n) is 3.17. The van der Waals surface area contributed by atoms with Crippen LogP contribution in [0.15, 0.2) is 30.6 Å². The first-order valence-corrected chi connectivity index (χ1v) is 8.08. The van der Waals surface area contributed by atoms with E-state index in [-0.39, 0.29) is 0 Å². The van der Waals surface area contributed by atoms with E-state index in [1.54, 1.807) is 18.5 Å². The van der Waals surface area contributed by atoms with Gasteiger partial charge in [0.25, 0.3) is 0 Å². The van der Waals surface area contributed by atoms with Gasteiger partial charge in [-0.05, 0) is 6.07 Å². The molecule has 0 aliphatic carbocycles. The Morgan fingerprint density at radius 3 is 3.09 bits per heavy atom. The first kappa shape index (κ1) is 14.9. The summed E-state index contributed by atoms with van der Waals surface area (Å²) in [6.07, 6.45) is 5.11. The Balaban J connectivity index is 1.67. The Hall–Kier alpha value is -1.69. The van der Waals surface area contributed by atoms with Crippen LogP contribution in [0.5, 0.6) is 5.75 Å². The zero-order chi connectivity index (χ0) is 15.7. The average Bonchev–Trinajstić information content (AvgIpc) is 3.04. The first-order valence-electron chi connectivity index (χ1n) is 7.70. The van der Waals surface area contributed by atoms with Crippen molar-refractivity contribution in [2.75, 3.05) is 19.8 Å². The second-order valence-electron chi connectivity index (χ2n) is 5.82. The molecule has 1 saturated heterocycles.